The first-order valence-corrected chi connectivity index (χ1v) is 8.27. The van der Waals surface area contributed by atoms with E-state index in [0.717, 1.165) is 39.1 Å². The maximum atomic E-state index is 4.68. The molecule has 3 aromatic rings. The number of hydrogen-bond donors (Lipinski definition) is 1. The van der Waals surface area contributed by atoms with E-state index in [1.807, 2.05) is 6.92 Å². The molecule has 1 N–H and O–H groups in total. The Labute approximate surface area is 125 Å². The summed E-state index contributed by atoms with van der Waals surface area (Å²) in [6.07, 6.45) is 0.698. The largest absolute Gasteiger partial charge is 0.370 e. The Hall–Kier alpha value is -1.53. The fourth-order valence-corrected chi connectivity index (χ4v) is 3.75. The van der Waals surface area contributed by atoms with Gasteiger partial charge in [0.05, 0.1) is 11.8 Å². The Morgan fingerprint density at radius 1 is 1.20 bits per heavy atom. The summed E-state index contributed by atoms with van der Waals surface area (Å²) in [6.45, 7) is 7.05. The number of anilines is 1. The lowest BCUT2D eigenvalue weighted by Crippen LogP contribution is -2.04. The van der Waals surface area contributed by atoms with Gasteiger partial charge in [-0.1, -0.05) is 0 Å². The zero-order valence-corrected chi connectivity index (χ0v) is 13.4. The van der Waals surface area contributed by atoms with Crippen LogP contribution in [-0.2, 0) is 6.42 Å². The van der Waals surface area contributed by atoms with Gasteiger partial charge in [-0.05, 0) is 26.8 Å². The number of thiophene rings is 1. The van der Waals surface area contributed by atoms with Crippen LogP contribution in [0.1, 0.15) is 28.3 Å². The highest BCUT2D eigenvalue weighted by molar-refractivity contribution is 7.18. The van der Waals surface area contributed by atoms with E-state index in [0.29, 0.717) is 6.42 Å². The van der Waals surface area contributed by atoms with Crippen molar-refractivity contribution in [3.8, 4) is 0 Å². The van der Waals surface area contributed by atoms with Gasteiger partial charge in [0.2, 0.25) is 0 Å². The summed E-state index contributed by atoms with van der Waals surface area (Å²) in [7, 11) is 0. The number of rotatable bonds is 4. The van der Waals surface area contributed by atoms with Crippen molar-refractivity contribution in [1.29, 1.82) is 0 Å². The Morgan fingerprint density at radius 2 is 2.05 bits per heavy atom. The fraction of sp³-hybridized carbons (Fsp3) is 0.357. The van der Waals surface area contributed by atoms with Crippen LogP contribution in [0.15, 0.2) is 11.4 Å². The number of fused-ring (bicyclic) bond motifs is 1. The maximum Gasteiger partial charge on any atom is 0.139 e. The van der Waals surface area contributed by atoms with E-state index in [4.69, 9.17) is 0 Å². The lowest BCUT2D eigenvalue weighted by atomic mass is 10.3. The molecule has 6 heteroatoms. The van der Waals surface area contributed by atoms with Gasteiger partial charge < -0.3 is 5.32 Å². The van der Waals surface area contributed by atoms with Gasteiger partial charge in [0.15, 0.2) is 0 Å². The van der Waals surface area contributed by atoms with E-state index in [1.165, 1.54) is 4.88 Å². The minimum Gasteiger partial charge on any atom is -0.370 e. The van der Waals surface area contributed by atoms with Gasteiger partial charge >= 0.3 is 0 Å². The fourth-order valence-electron chi connectivity index (χ4n) is 2.09. The predicted molar refractivity (Wildman–Crippen MR) is 86.0 cm³/mol. The quantitative estimate of drug-likeness (QED) is 0.797. The monoisotopic (exact) mass is 304 g/mol. The Balaban J connectivity index is 2.02. The van der Waals surface area contributed by atoms with Crippen LogP contribution >= 0.6 is 22.7 Å². The molecule has 0 saturated carbocycles. The molecule has 0 aliphatic rings. The molecular formula is C14H16N4S2. The van der Waals surface area contributed by atoms with E-state index in [1.54, 1.807) is 22.7 Å². The third kappa shape index (κ3) is 2.66. The molecule has 3 rings (SSSR count). The molecule has 0 aliphatic heterocycles. The van der Waals surface area contributed by atoms with Gasteiger partial charge in [0, 0.05) is 22.5 Å². The summed E-state index contributed by atoms with van der Waals surface area (Å²) in [5.41, 5.74) is 1.06. The molecule has 20 heavy (non-hydrogen) atoms. The SMILES string of the molecule is CCNc1nc(Cc2nc(C)cs2)nc2sc(C)cc12. The molecule has 0 aromatic carbocycles. The van der Waals surface area contributed by atoms with Crippen molar-refractivity contribution in [3.63, 3.8) is 0 Å². The van der Waals surface area contributed by atoms with E-state index in [2.05, 4.69) is 45.6 Å². The van der Waals surface area contributed by atoms with Crippen LogP contribution in [0.25, 0.3) is 10.2 Å². The number of nitrogens with zero attached hydrogens (tertiary/aromatic N) is 3. The van der Waals surface area contributed by atoms with Gasteiger partial charge in [-0.25, -0.2) is 15.0 Å². The Bertz CT molecular complexity index is 745. The van der Waals surface area contributed by atoms with Crippen molar-refractivity contribution in [2.24, 2.45) is 0 Å². The third-order valence-electron chi connectivity index (χ3n) is 2.88. The van der Waals surface area contributed by atoms with Crippen molar-refractivity contribution < 1.29 is 0 Å². The van der Waals surface area contributed by atoms with Crippen LogP contribution in [0.3, 0.4) is 0 Å². The van der Waals surface area contributed by atoms with E-state index in [9.17, 15) is 0 Å². The molecule has 3 heterocycles. The second-order valence-corrected chi connectivity index (χ2v) is 6.83. The van der Waals surface area contributed by atoms with Crippen molar-refractivity contribution in [1.82, 2.24) is 15.0 Å². The van der Waals surface area contributed by atoms with Crippen molar-refractivity contribution in [2.45, 2.75) is 27.2 Å². The van der Waals surface area contributed by atoms with Gasteiger partial charge in [-0.15, -0.1) is 22.7 Å². The first kappa shape index (κ1) is 13.5. The van der Waals surface area contributed by atoms with Crippen LogP contribution in [-0.4, -0.2) is 21.5 Å². The van der Waals surface area contributed by atoms with Gasteiger partial charge in [-0.3, -0.25) is 0 Å². The van der Waals surface area contributed by atoms with Gasteiger partial charge in [0.25, 0.3) is 0 Å². The Kier molecular flexibility index (Phi) is 3.67. The van der Waals surface area contributed by atoms with Crippen molar-refractivity contribution in [3.05, 3.63) is 32.8 Å². The van der Waals surface area contributed by atoms with Crippen LogP contribution in [0.4, 0.5) is 5.82 Å². The van der Waals surface area contributed by atoms with Crippen LogP contribution in [0, 0.1) is 13.8 Å². The first-order valence-electron chi connectivity index (χ1n) is 6.57. The molecule has 4 nitrogen and oxygen atoms in total. The lowest BCUT2D eigenvalue weighted by Gasteiger charge is -2.06. The third-order valence-corrected chi connectivity index (χ3v) is 4.79. The summed E-state index contributed by atoms with van der Waals surface area (Å²) >= 11 is 3.38. The highest BCUT2D eigenvalue weighted by atomic mass is 32.1. The van der Waals surface area contributed by atoms with Gasteiger partial charge in [-0.2, -0.15) is 0 Å². The summed E-state index contributed by atoms with van der Waals surface area (Å²) in [5, 5.41) is 7.58. The first-order chi connectivity index (χ1) is 9.65. The smallest absolute Gasteiger partial charge is 0.139 e. The summed E-state index contributed by atoms with van der Waals surface area (Å²) in [4.78, 5) is 16.1. The molecule has 3 aromatic heterocycles. The zero-order chi connectivity index (χ0) is 14.1. The van der Waals surface area contributed by atoms with Crippen LogP contribution < -0.4 is 5.32 Å². The second-order valence-electron chi connectivity index (χ2n) is 4.65. The standard InChI is InChI=1S/C14H16N4S2/c1-4-15-13-10-5-9(3)20-14(10)18-11(17-13)6-12-16-8(2)7-19-12/h5,7H,4,6H2,1-3H3,(H,15,17,18). The zero-order valence-electron chi connectivity index (χ0n) is 11.7. The molecule has 0 fully saturated rings. The predicted octanol–water partition coefficient (Wildman–Crippen LogP) is 3.79. The highest BCUT2D eigenvalue weighted by Gasteiger charge is 2.11. The Morgan fingerprint density at radius 3 is 2.75 bits per heavy atom. The number of aromatic nitrogens is 3. The molecule has 0 unspecified atom stereocenters. The minimum atomic E-state index is 0.698. The van der Waals surface area contributed by atoms with Crippen molar-refractivity contribution >= 4 is 38.7 Å². The molecule has 0 radical (unpaired) electrons. The number of aryl methyl sites for hydroxylation is 2. The van der Waals surface area contributed by atoms with Crippen LogP contribution in [0.2, 0.25) is 0 Å². The van der Waals surface area contributed by atoms with Gasteiger partial charge in [0.1, 0.15) is 21.5 Å². The molecule has 0 amide bonds. The molecule has 104 valence electrons. The normalized spacial score (nSPS) is 11.2. The number of thiazole rings is 1. The molecule has 0 bridgehead atoms. The maximum absolute atomic E-state index is 4.68. The molecule has 0 saturated heterocycles. The molecule has 0 atom stereocenters. The minimum absolute atomic E-state index is 0.698. The summed E-state index contributed by atoms with van der Waals surface area (Å²) in [6, 6.07) is 2.15. The van der Waals surface area contributed by atoms with Crippen molar-refractivity contribution in [2.75, 3.05) is 11.9 Å². The summed E-state index contributed by atoms with van der Waals surface area (Å²) in [5.74, 6) is 1.77. The average Bonchev–Trinajstić information content (AvgIpc) is 2.95. The van der Waals surface area contributed by atoms with Crippen LogP contribution in [0.5, 0.6) is 0 Å². The molecule has 0 aliphatic carbocycles. The van der Waals surface area contributed by atoms with E-state index >= 15 is 0 Å². The topological polar surface area (TPSA) is 50.7 Å². The highest BCUT2D eigenvalue weighted by Crippen LogP contribution is 2.29. The second kappa shape index (κ2) is 5.46. The number of nitrogens with one attached hydrogen (secondary N) is 1. The summed E-state index contributed by atoms with van der Waals surface area (Å²) < 4.78 is 0. The lowest BCUT2D eigenvalue weighted by molar-refractivity contribution is 0.971. The average molecular weight is 304 g/mol. The van der Waals surface area contributed by atoms with E-state index in [-0.39, 0.29) is 0 Å². The number of hydrogen-bond acceptors (Lipinski definition) is 6. The molecular weight excluding hydrogens is 288 g/mol. The molecule has 0 spiro atoms. The van der Waals surface area contributed by atoms with E-state index < -0.39 is 0 Å².